The van der Waals surface area contributed by atoms with E-state index in [0.29, 0.717) is 35.9 Å². The normalized spacial score (nSPS) is 11.8. The fourth-order valence-electron chi connectivity index (χ4n) is 2.62. The first-order valence-corrected chi connectivity index (χ1v) is 8.61. The molecule has 0 aliphatic carbocycles. The first-order valence-electron chi connectivity index (χ1n) is 8.61. The molecule has 0 unspecified atom stereocenters. The Bertz CT molecular complexity index is 944. The number of nitrogens with one attached hydrogen (secondary N) is 1. The van der Waals surface area contributed by atoms with Gasteiger partial charge in [0.15, 0.2) is 23.9 Å². The molecule has 10 nitrogen and oxygen atoms in total. The number of benzene rings is 2. The first-order chi connectivity index (χ1) is 14.0. The fourth-order valence-corrected chi connectivity index (χ4v) is 2.62. The van der Waals surface area contributed by atoms with E-state index in [1.165, 1.54) is 31.4 Å². The molecule has 29 heavy (non-hydrogen) atoms. The lowest BCUT2D eigenvalue weighted by molar-refractivity contribution is -0.384. The Morgan fingerprint density at radius 3 is 2.72 bits per heavy atom. The van der Waals surface area contributed by atoms with Crippen LogP contribution in [0.5, 0.6) is 11.5 Å². The minimum Gasteiger partial charge on any atom is -0.454 e. The molecule has 0 fully saturated rings. The molecule has 0 aromatic heterocycles. The molecule has 152 valence electrons. The van der Waals surface area contributed by atoms with Crippen molar-refractivity contribution in [3.63, 3.8) is 0 Å². The summed E-state index contributed by atoms with van der Waals surface area (Å²) in [5, 5.41) is 14.0. The summed E-state index contributed by atoms with van der Waals surface area (Å²) in [7, 11) is 1.52. The van der Waals surface area contributed by atoms with Crippen LogP contribution in [0, 0.1) is 10.1 Å². The third kappa shape index (κ3) is 4.79. The van der Waals surface area contributed by atoms with Crippen molar-refractivity contribution in [1.29, 1.82) is 0 Å². The highest BCUT2D eigenvalue weighted by molar-refractivity contribution is 6.01. The van der Waals surface area contributed by atoms with Gasteiger partial charge in [-0.25, -0.2) is 4.79 Å². The Morgan fingerprint density at radius 2 is 1.97 bits per heavy atom. The van der Waals surface area contributed by atoms with E-state index in [4.69, 9.17) is 18.9 Å². The molecule has 1 heterocycles. The number of nitro benzene ring substituents is 1. The molecule has 0 spiro atoms. The summed E-state index contributed by atoms with van der Waals surface area (Å²) in [6, 6.07) is 8.41. The van der Waals surface area contributed by atoms with Crippen molar-refractivity contribution in [2.75, 3.05) is 39.0 Å². The van der Waals surface area contributed by atoms with Gasteiger partial charge in [0.05, 0.1) is 17.1 Å². The van der Waals surface area contributed by atoms with Crippen molar-refractivity contribution in [1.82, 2.24) is 0 Å². The number of ether oxygens (including phenoxy) is 4. The third-order valence-electron chi connectivity index (χ3n) is 4.08. The minimum absolute atomic E-state index is 0.0474. The quantitative estimate of drug-likeness (QED) is 0.221. The summed E-state index contributed by atoms with van der Waals surface area (Å²) in [5.41, 5.74) is 0.317. The maximum absolute atomic E-state index is 12.5. The van der Waals surface area contributed by atoms with Gasteiger partial charge >= 0.3 is 5.97 Å². The number of anilines is 1. The molecule has 10 heteroatoms. The molecular weight excluding hydrogens is 384 g/mol. The summed E-state index contributed by atoms with van der Waals surface area (Å²) in [6.45, 7) is 0.297. The number of ketones is 1. The van der Waals surface area contributed by atoms with Crippen LogP contribution in [0.25, 0.3) is 0 Å². The lowest BCUT2D eigenvalue weighted by Gasteiger charge is -2.11. The van der Waals surface area contributed by atoms with Crippen LogP contribution in [0.3, 0.4) is 0 Å². The zero-order valence-corrected chi connectivity index (χ0v) is 15.5. The van der Waals surface area contributed by atoms with Crippen molar-refractivity contribution < 1.29 is 33.5 Å². The second-order valence-electron chi connectivity index (χ2n) is 5.97. The molecule has 0 radical (unpaired) electrons. The van der Waals surface area contributed by atoms with Crippen LogP contribution in [-0.4, -0.2) is 50.3 Å². The predicted molar refractivity (Wildman–Crippen MR) is 101 cm³/mol. The highest BCUT2D eigenvalue weighted by atomic mass is 16.7. The van der Waals surface area contributed by atoms with Gasteiger partial charge in [-0.2, -0.15) is 0 Å². The Labute approximate surface area is 165 Å². The van der Waals surface area contributed by atoms with E-state index >= 15 is 0 Å². The number of non-ortho nitro benzene ring substituents is 1. The summed E-state index contributed by atoms with van der Waals surface area (Å²) in [4.78, 5) is 35.2. The summed E-state index contributed by atoms with van der Waals surface area (Å²) in [6.07, 6.45) is 0. The Balaban J connectivity index is 1.70. The molecule has 3 rings (SSSR count). The molecule has 0 saturated heterocycles. The SMILES string of the molecule is COCCNc1ccc([N+](=O)[O-])cc1C(=O)OCC(=O)c1ccc2c(c1)OCO2. The summed E-state index contributed by atoms with van der Waals surface area (Å²) in [5.74, 6) is -0.342. The number of rotatable bonds is 9. The smallest absolute Gasteiger partial charge is 0.340 e. The number of nitrogens with zero attached hydrogens (tertiary/aromatic N) is 1. The Morgan fingerprint density at radius 1 is 1.17 bits per heavy atom. The van der Waals surface area contributed by atoms with Crippen molar-refractivity contribution in [2.45, 2.75) is 0 Å². The summed E-state index contributed by atoms with van der Waals surface area (Å²) < 4.78 is 20.4. The van der Waals surface area contributed by atoms with E-state index in [2.05, 4.69) is 5.32 Å². The third-order valence-corrected chi connectivity index (χ3v) is 4.08. The standard InChI is InChI=1S/C19H18N2O8/c1-26-7-6-20-15-4-3-13(21(24)25)9-14(15)19(23)27-10-16(22)12-2-5-17-18(8-12)29-11-28-17/h2-5,8-9,20H,6-7,10-11H2,1H3. The van der Waals surface area contributed by atoms with Gasteiger partial charge in [0.25, 0.3) is 5.69 Å². The van der Waals surface area contributed by atoms with Gasteiger partial charge < -0.3 is 24.3 Å². The number of carbonyl (C=O) groups excluding carboxylic acids is 2. The van der Waals surface area contributed by atoms with Gasteiger partial charge in [-0.3, -0.25) is 14.9 Å². The van der Waals surface area contributed by atoms with Crippen molar-refractivity contribution in [2.24, 2.45) is 0 Å². The summed E-state index contributed by atoms with van der Waals surface area (Å²) >= 11 is 0. The lowest BCUT2D eigenvalue weighted by atomic mass is 10.1. The molecule has 2 aromatic carbocycles. The van der Waals surface area contributed by atoms with Gasteiger partial charge in [-0.05, 0) is 24.3 Å². The molecule has 1 N–H and O–H groups in total. The van der Waals surface area contributed by atoms with Crippen LogP contribution < -0.4 is 14.8 Å². The van der Waals surface area contributed by atoms with Crippen LogP contribution in [0.2, 0.25) is 0 Å². The first kappa shape index (κ1) is 20.1. The number of esters is 1. The van der Waals surface area contributed by atoms with E-state index in [9.17, 15) is 19.7 Å². The van der Waals surface area contributed by atoms with Crippen molar-refractivity contribution in [3.8, 4) is 11.5 Å². The number of methoxy groups -OCH3 is 1. The second-order valence-corrected chi connectivity index (χ2v) is 5.97. The van der Waals surface area contributed by atoms with Gasteiger partial charge in [0, 0.05) is 37.0 Å². The molecule has 0 saturated carbocycles. The van der Waals surface area contributed by atoms with E-state index in [0.717, 1.165) is 6.07 Å². The minimum atomic E-state index is -0.859. The molecule has 2 aromatic rings. The van der Waals surface area contributed by atoms with Gasteiger partial charge in [-0.15, -0.1) is 0 Å². The topological polar surface area (TPSA) is 126 Å². The average molecular weight is 402 g/mol. The number of Topliss-reactive ketones (excluding diaryl/α,β-unsaturated/α-hetero) is 1. The van der Waals surface area contributed by atoms with Crippen molar-refractivity contribution in [3.05, 3.63) is 57.6 Å². The number of hydrogen-bond donors (Lipinski definition) is 1. The lowest BCUT2D eigenvalue weighted by Crippen LogP contribution is -2.17. The number of nitro groups is 1. The van der Waals surface area contributed by atoms with Crippen molar-refractivity contribution >= 4 is 23.1 Å². The van der Waals surface area contributed by atoms with Crippen LogP contribution in [0.1, 0.15) is 20.7 Å². The monoisotopic (exact) mass is 402 g/mol. The number of hydrogen-bond acceptors (Lipinski definition) is 9. The highest BCUT2D eigenvalue weighted by Crippen LogP contribution is 2.32. The molecular formula is C19H18N2O8. The van der Waals surface area contributed by atoms with E-state index in [1.54, 1.807) is 6.07 Å². The van der Waals surface area contributed by atoms with Gasteiger partial charge in [0.2, 0.25) is 6.79 Å². The van der Waals surface area contributed by atoms with E-state index in [-0.39, 0.29) is 18.0 Å². The molecule has 1 aliphatic heterocycles. The zero-order chi connectivity index (χ0) is 20.8. The maximum Gasteiger partial charge on any atom is 0.340 e. The average Bonchev–Trinajstić information content (AvgIpc) is 3.19. The van der Waals surface area contributed by atoms with Crippen LogP contribution >= 0.6 is 0 Å². The highest BCUT2D eigenvalue weighted by Gasteiger charge is 2.21. The number of carbonyl (C=O) groups is 2. The molecule has 0 bridgehead atoms. The largest absolute Gasteiger partial charge is 0.454 e. The van der Waals surface area contributed by atoms with Gasteiger partial charge in [0.1, 0.15) is 0 Å². The second kappa shape index (κ2) is 9.02. The number of fused-ring (bicyclic) bond motifs is 1. The maximum atomic E-state index is 12.5. The van der Waals surface area contributed by atoms with E-state index in [1.807, 2.05) is 0 Å². The Kier molecular flexibility index (Phi) is 6.25. The zero-order valence-electron chi connectivity index (χ0n) is 15.5. The predicted octanol–water partition coefficient (Wildman–Crippen LogP) is 2.42. The molecule has 0 amide bonds. The van der Waals surface area contributed by atoms with Crippen LogP contribution in [0.4, 0.5) is 11.4 Å². The molecule has 0 atom stereocenters. The van der Waals surface area contributed by atoms with Gasteiger partial charge in [-0.1, -0.05) is 0 Å². The van der Waals surface area contributed by atoms with Crippen LogP contribution in [0.15, 0.2) is 36.4 Å². The molecule has 1 aliphatic rings. The fraction of sp³-hybridized carbons (Fsp3) is 0.263. The Hall–Kier alpha value is -3.66. The van der Waals surface area contributed by atoms with Crippen LogP contribution in [-0.2, 0) is 9.47 Å². The van der Waals surface area contributed by atoms with E-state index < -0.39 is 23.3 Å².